The maximum atomic E-state index is 13.6. The highest BCUT2D eigenvalue weighted by molar-refractivity contribution is 5.58. The summed E-state index contributed by atoms with van der Waals surface area (Å²) in [4.78, 5) is 7.51. The van der Waals surface area contributed by atoms with Crippen LogP contribution in [0, 0.1) is 23.3 Å². The zero-order valence-corrected chi connectivity index (χ0v) is 11.1. The Hall–Kier alpha value is -2.38. The molecule has 0 fully saturated rings. The van der Waals surface area contributed by atoms with Gasteiger partial charge in [0.25, 0.3) is 0 Å². The molecule has 4 nitrogen and oxygen atoms in total. The molecule has 8 heteroatoms. The molecule has 0 saturated carbocycles. The Morgan fingerprint density at radius 2 is 1.71 bits per heavy atom. The molecule has 0 atom stereocenters. The minimum absolute atomic E-state index is 0.142. The molecule has 1 aromatic carbocycles. The van der Waals surface area contributed by atoms with Gasteiger partial charge in [-0.3, -0.25) is 0 Å². The highest BCUT2D eigenvalue weighted by Gasteiger charge is 2.13. The summed E-state index contributed by atoms with van der Waals surface area (Å²) in [7, 11) is 0. The van der Waals surface area contributed by atoms with Crippen molar-refractivity contribution in [2.24, 2.45) is 0 Å². The van der Waals surface area contributed by atoms with E-state index >= 15 is 0 Å². The normalized spacial score (nSPS) is 10.5. The largest absolute Gasteiger partial charge is 0.354 e. The van der Waals surface area contributed by atoms with Crippen LogP contribution in [-0.2, 0) is 0 Å². The Labute approximate surface area is 118 Å². The molecule has 1 heterocycles. The van der Waals surface area contributed by atoms with E-state index in [1.54, 1.807) is 0 Å². The molecule has 2 aromatic rings. The molecule has 0 amide bonds. The highest BCUT2D eigenvalue weighted by Crippen LogP contribution is 2.23. The molecular formula is C13H12F4N4. The van der Waals surface area contributed by atoms with Crippen molar-refractivity contribution >= 4 is 17.5 Å². The van der Waals surface area contributed by atoms with E-state index in [-0.39, 0.29) is 11.8 Å². The number of halogens is 4. The molecule has 0 spiro atoms. The van der Waals surface area contributed by atoms with Crippen LogP contribution in [0.4, 0.5) is 35.0 Å². The number of hydrogen-bond donors (Lipinski definition) is 2. The second-order valence-electron chi connectivity index (χ2n) is 4.19. The van der Waals surface area contributed by atoms with Crippen molar-refractivity contribution < 1.29 is 17.6 Å². The smallest absolute Gasteiger partial charge is 0.224 e. The van der Waals surface area contributed by atoms with Gasteiger partial charge in [-0.25, -0.2) is 22.5 Å². The van der Waals surface area contributed by atoms with E-state index in [0.717, 1.165) is 12.6 Å². The maximum Gasteiger partial charge on any atom is 0.224 e. The molecule has 0 aliphatic rings. The van der Waals surface area contributed by atoms with E-state index in [0.29, 0.717) is 18.7 Å². The summed E-state index contributed by atoms with van der Waals surface area (Å²) < 4.78 is 53.0. The summed E-state index contributed by atoms with van der Waals surface area (Å²) >= 11 is 0. The van der Waals surface area contributed by atoms with Gasteiger partial charge in [-0.05, 0) is 6.42 Å². The average molecular weight is 300 g/mol. The van der Waals surface area contributed by atoms with E-state index < -0.39 is 29.0 Å². The van der Waals surface area contributed by atoms with E-state index in [4.69, 9.17) is 0 Å². The van der Waals surface area contributed by atoms with Crippen LogP contribution in [0.25, 0.3) is 0 Å². The number of anilines is 3. The van der Waals surface area contributed by atoms with Crippen LogP contribution < -0.4 is 10.6 Å². The van der Waals surface area contributed by atoms with E-state index in [1.165, 1.54) is 0 Å². The minimum Gasteiger partial charge on any atom is -0.354 e. The number of aromatic nitrogens is 2. The lowest BCUT2D eigenvalue weighted by Gasteiger charge is -2.10. The Balaban J connectivity index is 2.28. The SMILES string of the molecule is CCCNc1ncc(F)c(Nc2cc(F)c(F)cc2F)n1. The minimum atomic E-state index is -1.33. The van der Waals surface area contributed by atoms with Gasteiger partial charge >= 0.3 is 0 Å². The molecular weight excluding hydrogens is 288 g/mol. The van der Waals surface area contributed by atoms with E-state index in [1.807, 2.05) is 6.92 Å². The quantitative estimate of drug-likeness (QED) is 0.654. The topological polar surface area (TPSA) is 49.8 Å². The standard InChI is InChI=1S/C13H12F4N4/c1-2-3-18-13-19-6-10(17)12(21-13)20-11-5-8(15)7(14)4-9(11)16/h4-6H,2-3H2,1H3,(H2,18,19,20,21). The zero-order valence-electron chi connectivity index (χ0n) is 11.1. The molecule has 0 aliphatic heterocycles. The van der Waals surface area contributed by atoms with Gasteiger partial charge in [-0.1, -0.05) is 6.92 Å². The number of hydrogen-bond acceptors (Lipinski definition) is 4. The lowest BCUT2D eigenvalue weighted by molar-refractivity contribution is 0.496. The third-order valence-corrected chi connectivity index (χ3v) is 2.54. The van der Waals surface area contributed by atoms with Crippen molar-refractivity contribution in [1.82, 2.24) is 9.97 Å². The molecule has 0 radical (unpaired) electrons. The second kappa shape index (κ2) is 6.38. The molecule has 0 unspecified atom stereocenters. The van der Waals surface area contributed by atoms with Gasteiger partial charge in [-0.2, -0.15) is 4.98 Å². The molecule has 2 N–H and O–H groups in total. The van der Waals surface area contributed by atoms with Crippen molar-refractivity contribution in [2.45, 2.75) is 13.3 Å². The summed E-state index contributed by atoms with van der Waals surface area (Å²) in [5.74, 6) is -4.68. The summed E-state index contributed by atoms with van der Waals surface area (Å²) in [5, 5.41) is 5.10. The van der Waals surface area contributed by atoms with Crippen molar-refractivity contribution in [1.29, 1.82) is 0 Å². The van der Waals surface area contributed by atoms with Crippen LogP contribution in [0.1, 0.15) is 13.3 Å². The number of nitrogens with one attached hydrogen (secondary N) is 2. The zero-order chi connectivity index (χ0) is 15.4. The fourth-order valence-corrected chi connectivity index (χ4v) is 1.52. The first-order chi connectivity index (χ1) is 10.0. The molecule has 112 valence electrons. The maximum absolute atomic E-state index is 13.6. The van der Waals surface area contributed by atoms with Crippen molar-refractivity contribution in [3.8, 4) is 0 Å². The second-order valence-corrected chi connectivity index (χ2v) is 4.19. The lowest BCUT2D eigenvalue weighted by Crippen LogP contribution is -2.08. The molecule has 2 rings (SSSR count). The number of rotatable bonds is 5. The lowest BCUT2D eigenvalue weighted by atomic mass is 10.3. The van der Waals surface area contributed by atoms with Gasteiger partial charge in [-0.15, -0.1) is 0 Å². The third kappa shape index (κ3) is 3.59. The van der Waals surface area contributed by atoms with Crippen LogP contribution in [0.2, 0.25) is 0 Å². The van der Waals surface area contributed by atoms with Crippen LogP contribution in [0.15, 0.2) is 18.3 Å². The summed E-state index contributed by atoms with van der Waals surface area (Å²) in [5.41, 5.74) is -0.423. The van der Waals surface area contributed by atoms with Crippen molar-refractivity contribution in [3.63, 3.8) is 0 Å². The molecule has 0 aliphatic carbocycles. The Morgan fingerprint density at radius 3 is 2.43 bits per heavy atom. The van der Waals surface area contributed by atoms with Crippen LogP contribution in [0.3, 0.4) is 0 Å². The van der Waals surface area contributed by atoms with Gasteiger partial charge < -0.3 is 10.6 Å². The summed E-state index contributed by atoms with van der Waals surface area (Å²) in [6, 6.07) is 0.957. The van der Waals surface area contributed by atoms with Crippen LogP contribution in [0.5, 0.6) is 0 Å². The van der Waals surface area contributed by atoms with Gasteiger partial charge in [0.05, 0.1) is 11.9 Å². The number of nitrogens with zero attached hydrogens (tertiary/aromatic N) is 2. The Bertz CT molecular complexity index is 648. The first kappa shape index (κ1) is 15.0. The summed E-state index contributed by atoms with van der Waals surface area (Å²) in [6.07, 6.45) is 1.70. The fourth-order valence-electron chi connectivity index (χ4n) is 1.52. The predicted molar refractivity (Wildman–Crippen MR) is 70.4 cm³/mol. The summed E-state index contributed by atoms with van der Waals surface area (Å²) in [6.45, 7) is 2.50. The first-order valence-electron chi connectivity index (χ1n) is 6.19. The van der Waals surface area contributed by atoms with Gasteiger partial charge in [0.2, 0.25) is 5.95 Å². The number of benzene rings is 1. The highest BCUT2D eigenvalue weighted by atomic mass is 19.2. The molecule has 21 heavy (non-hydrogen) atoms. The predicted octanol–water partition coefficient (Wildman–Crippen LogP) is 3.60. The molecule has 0 bridgehead atoms. The van der Waals surface area contributed by atoms with Gasteiger partial charge in [0, 0.05) is 18.7 Å². The van der Waals surface area contributed by atoms with Crippen LogP contribution >= 0.6 is 0 Å². The monoisotopic (exact) mass is 300 g/mol. The van der Waals surface area contributed by atoms with Crippen LogP contribution in [-0.4, -0.2) is 16.5 Å². The Morgan fingerprint density at radius 1 is 1.00 bits per heavy atom. The Kier molecular flexibility index (Phi) is 4.56. The van der Waals surface area contributed by atoms with Gasteiger partial charge in [0.1, 0.15) is 5.82 Å². The fraction of sp³-hybridized carbons (Fsp3) is 0.231. The third-order valence-electron chi connectivity index (χ3n) is 2.54. The van der Waals surface area contributed by atoms with E-state index in [9.17, 15) is 17.6 Å². The first-order valence-corrected chi connectivity index (χ1v) is 6.19. The van der Waals surface area contributed by atoms with Crippen molar-refractivity contribution in [2.75, 3.05) is 17.2 Å². The van der Waals surface area contributed by atoms with Gasteiger partial charge in [0.15, 0.2) is 23.3 Å². The average Bonchev–Trinajstić information content (AvgIpc) is 2.45. The van der Waals surface area contributed by atoms with E-state index in [2.05, 4.69) is 20.6 Å². The van der Waals surface area contributed by atoms with Crippen molar-refractivity contribution in [3.05, 3.63) is 41.6 Å². The molecule has 1 aromatic heterocycles. The molecule has 0 saturated heterocycles.